The van der Waals surface area contributed by atoms with E-state index in [0.717, 1.165) is 28.1 Å². The first-order valence-electron chi connectivity index (χ1n) is 7.17. The minimum Gasteiger partial charge on any atom is -0.493 e. The minimum atomic E-state index is 0.674. The van der Waals surface area contributed by atoms with Crippen molar-refractivity contribution in [1.82, 2.24) is 10.2 Å². The van der Waals surface area contributed by atoms with Crippen LogP contribution in [0.1, 0.15) is 5.69 Å². The zero-order valence-corrected chi connectivity index (χ0v) is 13.9. The van der Waals surface area contributed by atoms with Crippen molar-refractivity contribution in [2.24, 2.45) is 0 Å². The van der Waals surface area contributed by atoms with E-state index in [4.69, 9.17) is 21.1 Å². The van der Waals surface area contributed by atoms with E-state index >= 15 is 0 Å². The zero-order chi connectivity index (χ0) is 16.4. The number of nitrogens with one attached hydrogen (secondary N) is 1. The van der Waals surface area contributed by atoms with Crippen LogP contribution in [0.2, 0.25) is 5.02 Å². The maximum absolute atomic E-state index is 5.99. The zero-order valence-electron chi connectivity index (χ0n) is 13.2. The van der Waals surface area contributed by atoms with E-state index < -0.39 is 0 Å². The Balaban J connectivity index is 2.13. The molecule has 0 fully saturated rings. The van der Waals surface area contributed by atoms with Gasteiger partial charge in [-0.05, 0) is 42.8 Å². The van der Waals surface area contributed by atoms with E-state index in [1.165, 1.54) is 0 Å². The molecule has 23 heavy (non-hydrogen) atoms. The highest BCUT2D eigenvalue weighted by atomic mass is 35.5. The molecule has 0 spiro atoms. The van der Waals surface area contributed by atoms with Crippen molar-refractivity contribution in [3.8, 4) is 33.9 Å². The molecular weight excluding hydrogens is 312 g/mol. The van der Waals surface area contributed by atoms with Gasteiger partial charge in [-0.1, -0.05) is 23.7 Å². The summed E-state index contributed by atoms with van der Waals surface area (Å²) in [7, 11) is 3.24. The maximum atomic E-state index is 5.99. The fourth-order valence-corrected chi connectivity index (χ4v) is 2.72. The van der Waals surface area contributed by atoms with Gasteiger partial charge in [0.05, 0.1) is 14.2 Å². The molecule has 0 unspecified atom stereocenters. The Kier molecular flexibility index (Phi) is 4.26. The summed E-state index contributed by atoms with van der Waals surface area (Å²) in [4.78, 5) is 0. The number of benzene rings is 2. The first-order valence-corrected chi connectivity index (χ1v) is 7.55. The minimum absolute atomic E-state index is 0.674. The second-order valence-corrected chi connectivity index (χ2v) is 5.59. The van der Waals surface area contributed by atoms with Crippen LogP contribution in [-0.4, -0.2) is 24.4 Å². The summed E-state index contributed by atoms with van der Waals surface area (Å²) >= 11 is 5.99. The highest BCUT2D eigenvalue weighted by Gasteiger charge is 2.16. The number of hydrogen-bond acceptors (Lipinski definition) is 3. The lowest BCUT2D eigenvalue weighted by Gasteiger charge is -2.10. The molecular formula is C18H17ClN2O2. The molecule has 1 aromatic heterocycles. The van der Waals surface area contributed by atoms with Crippen LogP contribution < -0.4 is 9.47 Å². The van der Waals surface area contributed by atoms with E-state index in [-0.39, 0.29) is 0 Å². The summed E-state index contributed by atoms with van der Waals surface area (Å²) in [5.41, 5.74) is 4.93. The van der Waals surface area contributed by atoms with E-state index in [9.17, 15) is 0 Å². The third-order valence-electron chi connectivity index (χ3n) is 3.74. The number of methoxy groups -OCH3 is 2. The molecule has 0 aliphatic rings. The summed E-state index contributed by atoms with van der Waals surface area (Å²) < 4.78 is 10.7. The maximum Gasteiger partial charge on any atom is 0.161 e. The smallest absolute Gasteiger partial charge is 0.161 e. The summed E-state index contributed by atoms with van der Waals surface area (Å²) in [5.74, 6) is 1.37. The lowest BCUT2D eigenvalue weighted by Crippen LogP contribution is -1.91. The molecule has 0 bridgehead atoms. The van der Waals surface area contributed by atoms with Crippen LogP contribution in [0.5, 0.6) is 11.5 Å². The van der Waals surface area contributed by atoms with E-state index in [1.54, 1.807) is 14.2 Å². The largest absolute Gasteiger partial charge is 0.493 e. The molecule has 2 aromatic carbocycles. The van der Waals surface area contributed by atoms with Crippen LogP contribution in [0.4, 0.5) is 0 Å². The lowest BCUT2D eigenvalue weighted by atomic mass is 9.99. The summed E-state index contributed by atoms with van der Waals surface area (Å²) in [6, 6.07) is 13.5. The van der Waals surface area contributed by atoms with Crippen LogP contribution in [-0.2, 0) is 0 Å². The number of aryl methyl sites for hydroxylation is 1. The normalized spacial score (nSPS) is 10.6. The van der Waals surface area contributed by atoms with Crippen LogP contribution in [0.3, 0.4) is 0 Å². The third kappa shape index (κ3) is 2.90. The Morgan fingerprint density at radius 2 is 1.57 bits per heavy atom. The molecule has 0 aliphatic carbocycles. The molecule has 5 heteroatoms. The predicted octanol–water partition coefficient (Wildman–Crippen LogP) is 4.72. The predicted molar refractivity (Wildman–Crippen MR) is 92.3 cm³/mol. The second kappa shape index (κ2) is 6.34. The van der Waals surface area contributed by atoms with Gasteiger partial charge in [-0.25, -0.2) is 0 Å². The molecule has 0 aliphatic heterocycles. The van der Waals surface area contributed by atoms with Crippen LogP contribution >= 0.6 is 11.6 Å². The SMILES string of the molecule is COc1ccc(-c2n[nH]c(C)c2-c2ccc(Cl)cc2)cc1OC. The molecule has 0 amide bonds. The number of halogens is 1. The molecule has 0 radical (unpaired) electrons. The molecule has 118 valence electrons. The Morgan fingerprint density at radius 3 is 2.22 bits per heavy atom. The monoisotopic (exact) mass is 328 g/mol. The number of nitrogens with zero attached hydrogens (tertiary/aromatic N) is 1. The van der Waals surface area contributed by atoms with Crippen LogP contribution in [0, 0.1) is 6.92 Å². The average Bonchev–Trinajstić information content (AvgIpc) is 2.96. The van der Waals surface area contributed by atoms with E-state index in [0.29, 0.717) is 16.5 Å². The van der Waals surface area contributed by atoms with Crippen molar-refractivity contribution in [3.63, 3.8) is 0 Å². The van der Waals surface area contributed by atoms with Gasteiger partial charge >= 0.3 is 0 Å². The van der Waals surface area contributed by atoms with Gasteiger partial charge in [0.25, 0.3) is 0 Å². The molecule has 3 rings (SSSR count). The van der Waals surface area contributed by atoms with Gasteiger partial charge in [0.1, 0.15) is 5.69 Å². The van der Waals surface area contributed by atoms with Gasteiger partial charge < -0.3 is 9.47 Å². The molecule has 0 atom stereocenters. The van der Waals surface area contributed by atoms with Crippen molar-refractivity contribution in [2.45, 2.75) is 6.92 Å². The van der Waals surface area contributed by atoms with Gasteiger partial charge in [0, 0.05) is 21.8 Å². The first-order chi connectivity index (χ1) is 11.1. The standard InChI is InChI=1S/C18H17ClN2O2/c1-11-17(12-4-7-14(19)8-5-12)18(21-20-11)13-6-9-15(22-2)16(10-13)23-3/h4-10H,1-3H3,(H,20,21). The number of hydrogen-bond donors (Lipinski definition) is 1. The van der Waals surface area contributed by atoms with Gasteiger partial charge in [-0.2, -0.15) is 5.10 Å². The van der Waals surface area contributed by atoms with Crippen molar-refractivity contribution in [3.05, 3.63) is 53.2 Å². The second-order valence-electron chi connectivity index (χ2n) is 5.15. The molecule has 3 aromatic rings. The third-order valence-corrected chi connectivity index (χ3v) is 3.99. The molecule has 1 N–H and O–H groups in total. The van der Waals surface area contributed by atoms with Crippen molar-refractivity contribution in [1.29, 1.82) is 0 Å². The number of rotatable bonds is 4. The molecule has 0 saturated carbocycles. The highest BCUT2D eigenvalue weighted by molar-refractivity contribution is 6.30. The Bertz CT molecular complexity index is 826. The fourth-order valence-electron chi connectivity index (χ4n) is 2.59. The summed E-state index contributed by atoms with van der Waals surface area (Å²) in [5, 5.41) is 8.23. The van der Waals surface area contributed by atoms with Gasteiger partial charge in [-0.3, -0.25) is 5.10 Å². The lowest BCUT2D eigenvalue weighted by molar-refractivity contribution is 0.355. The van der Waals surface area contributed by atoms with Gasteiger partial charge in [-0.15, -0.1) is 0 Å². The van der Waals surface area contributed by atoms with E-state index in [2.05, 4.69) is 10.2 Å². The average molecular weight is 329 g/mol. The van der Waals surface area contributed by atoms with Crippen molar-refractivity contribution >= 4 is 11.6 Å². The van der Waals surface area contributed by atoms with Gasteiger partial charge in [0.2, 0.25) is 0 Å². The Hall–Kier alpha value is -2.46. The number of ether oxygens (including phenoxy) is 2. The topological polar surface area (TPSA) is 47.1 Å². The van der Waals surface area contributed by atoms with Crippen molar-refractivity contribution < 1.29 is 9.47 Å². The Morgan fingerprint density at radius 1 is 0.913 bits per heavy atom. The molecule has 0 saturated heterocycles. The van der Waals surface area contributed by atoms with Crippen molar-refractivity contribution in [2.75, 3.05) is 14.2 Å². The molecule has 4 nitrogen and oxygen atoms in total. The summed E-state index contributed by atoms with van der Waals surface area (Å²) in [6.07, 6.45) is 0. The quantitative estimate of drug-likeness (QED) is 0.753. The highest BCUT2D eigenvalue weighted by Crippen LogP contribution is 2.37. The fraction of sp³-hybridized carbons (Fsp3) is 0.167. The number of aromatic amines is 1. The van der Waals surface area contributed by atoms with Crippen LogP contribution in [0.15, 0.2) is 42.5 Å². The van der Waals surface area contributed by atoms with Gasteiger partial charge in [0.15, 0.2) is 11.5 Å². The summed E-state index contributed by atoms with van der Waals surface area (Å²) in [6.45, 7) is 2.00. The van der Waals surface area contributed by atoms with Crippen LogP contribution in [0.25, 0.3) is 22.4 Å². The number of H-pyrrole nitrogens is 1. The number of aromatic nitrogens is 2. The molecule has 1 heterocycles. The van der Waals surface area contributed by atoms with E-state index in [1.807, 2.05) is 49.4 Å². The Labute approximate surface area is 140 Å². The first kappa shape index (κ1) is 15.4.